The molecule has 1 aliphatic heterocycles. The van der Waals surface area contributed by atoms with E-state index in [1.807, 2.05) is 31.2 Å². The summed E-state index contributed by atoms with van der Waals surface area (Å²) in [5, 5.41) is 8.93. The van der Waals surface area contributed by atoms with Crippen LogP contribution in [0.4, 0.5) is 11.4 Å². The molecular formula is C22H28N2O4. The molecule has 0 spiro atoms. The van der Waals surface area contributed by atoms with Crippen molar-refractivity contribution in [2.75, 3.05) is 11.5 Å². The van der Waals surface area contributed by atoms with Gasteiger partial charge in [-0.15, -0.1) is 0 Å². The Hall–Kier alpha value is -2.89. The highest BCUT2D eigenvalue weighted by Crippen LogP contribution is 2.40. The van der Waals surface area contributed by atoms with Gasteiger partial charge in [0.15, 0.2) is 0 Å². The highest BCUT2D eigenvalue weighted by molar-refractivity contribution is 5.68. The molecule has 0 fully saturated rings. The third-order valence-corrected chi connectivity index (χ3v) is 5.02. The third kappa shape index (κ3) is 4.16. The van der Waals surface area contributed by atoms with Gasteiger partial charge in [-0.2, -0.15) is 0 Å². The van der Waals surface area contributed by atoms with Gasteiger partial charge in [0.2, 0.25) is 0 Å². The van der Waals surface area contributed by atoms with Crippen molar-refractivity contribution in [2.45, 2.75) is 58.7 Å². The van der Waals surface area contributed by atoms with Gasteiger partial charge in [0.25, 0.3) is 0 Å². The molecule has 1 aliphatic rings. The Bertz CT molecular complexity index is 906. The molecule has 150 valence electrons. The van der Waals surface area contributed by atoms with Gasteiger partial charge in [0.1, 0.15) is 23.7 Å². The van der Waals surface area contributed by atoms with Crippen LogP contribution in [-0.4, -0.2) is 16.7 Å². The molecule has 6 nitrogen and oxygen atoms in total. The second-order valence-electron chi connectivity index (χ2n) is 7.86. The first-order chi connectivity index (χ1) is 13.2. The van der Waals surface area contributed by atoms with Gasteiger partial charge in [-0.05, 0) is 56.0 Å². The molecule has 0 atom stereocenters. The summed E-state index contributed by atoms with van der Waals surface area (Å²) >= 11 is 0. The predicted molar refractivity (Wildman–Crippen MR) is 110 cm³/mol. The van der Waals surface area contributed by atoms with Crippen molar-refractivity contribution in [1.29, 1.82) is 0 Å². The van der Waals surface area contributed by atoms with Gasteiger partial charge < -0.3 is 26.0 Å². The summed E-state index contributed by atoms with van der Waals surface area (Å²) in [6.07, 6.45) is 2.05. The molecule has 0 radical (unpaired) electrons. The lowest BCUT2D eigenvalue weighted by Crippen LogP contribution is -2.25. The number of aliphatic carboxylic acids is 1. The zero-order valence-electron chi connectivity index (χ0n) is 16.7. The molecular weight excluding hydrogens is 356 g/mol. The number of carboxylic acid groups (broad SMARTS) is 1. The number of benzene rings is 2. The lowest BCUT2D eigenvalue weighted by atomic mass is 9.98. The van der Waals surface area contributed by atoms with Crippen LogP contribution in [0.2, 0.25) is 0 Å². The van der Waals surface area contributed by atoms with Gasteiger partial charge >= 0.3 is 5.97 Å². The summed E-state index contributed by atoms with van der Waals surface area (Å²) in [6.45, 7) is 6.40. The average Bonchev–Trinajstić information content (AvgIpc) is 2.92. The summed E-state index contributed by atoms with van der Waals surface area (Å²) in [5.41, 5.74) is 17.2. The molecule has 0 unspecified atom stereocenters. The summed E-state index contributed by atoms with van der Waals surface area (Å²) in [7, 11) is 0. The van der Waals surface area contributed by atoms with Crippen LogP contribution >= 0.6 is 0 Å². The Morgan fingerprint density at radius 2 is 2.00 bits per heavy atom. The second kappa shape index (κ2) is 7.62. The fraction of sp³-hybridized carbons (Fsp3) is 0.409. The monoisotopic (exact) mass is 384 g/mol. The van der Waals surface area contributed by atoms with Crippen LogP contribution in [0.25, 0.3) is 0 Å². The maximum atomic E-state index is 10.9. The smallest absolute Gasteiger partial charge is 0.303 e. The Morgan fingerprint density at radius 1 is 1.25 bits per heavy atom. The second-order valence-corrected chi connectivity index (χ2v) is 7.86. The molecule has 0 aromatic heterocycles. The maximum absolute atomic E-state index is 10.9. The number of nitrogens with two attached hydrogens (primary N) is 2. The molecule has 3 rings (SSSR count). The van der Waals surface area contributed by atoms with Crippen molar-refractivity contribution >= 4 is 17.3 Å². The van der Waals surface area contributed by atoms with Crippen LogP contribution in [0.1, 0.15) is 49.4 Å². The molecule has 28 heavy (non-hydrogen) atoms. The number of carbonyl (C=O) groups is 1. The lowest BCUT2D eigenvalue weighted by molar-refractivity contribution is -0.136. The molecule has 0 saturated carbocycles. The first-order valence-electron chi connectivity index (χ1n) is 9.55. The van der Waals surface area contributed by atoms with Crippen LogP contribution in [0.15, 0.2) is 24.3 Å². The molecule has 6 heteroatoms. The van der Waals surface area contributed by atoms with Gasteiger partial charge in [0.05, 0.1) is 5.69 Å². The Balaban J connectivity index is 1.82. The summed E-state index contributed by atoms with van der Waals surface area (Å²) in [4.78, 5) is 10.9. The Labute approximate surface area is 165 Å². The summed E-state index contributed by atoms with van der Waals surface area (Å²) in [5.74, 6) is 0.607. The highest BCUT2D eigenvalue weighted by Gasteiger charge is 2.32. The van der Waals surface area contributed by atoms with Crippen molar-refractivity contribution in [1.82, 2.24) is 0 Å². The lowest BCUT2D eigenvalue weighted by Gasteiger charge is -2.19. The largest absolute Gasteiger partial charge is 0.487 e. The van der Waals surface area contributed by atoms with Crippen molar-refractivity contribution in [2.24, 2.45) is 0 Å². The number of fused-ring (bicyclic) bond motifs is 1. The summed E-state index contributed by atoms with van der Waals surface area (Å²) in [6, 6.07) is 7.53. The van der Waals surface area contributed by atoms with Crippen LogP contribution in [0.3, 0.4) is 0 Å². The Morgan fingerprint density at radius 3 is 2.68 bits per heavy atom. The van der Waals surface area contributed by atoms with Crippen LogP contribution in [0.5, 0.6) is 11.5 Å². The zero-order valence-corrected chi connectivity index (χ0v) is 16.7. The number of rotatable bonds is 7. The van der Waals surface area contributed by atoms with E-state index in [-0.39, 0.29) is 12.0 Å². The van der Waals surface area contributed by atoms with Crippen LogP contribution < -0.4 is 20.9 Å². The van der Waals surface area contributed by atoms with E-state index in [9.17, 15) is 4.79 Å². The quantitative estimate of drug-likeness (QED) is 0.628. The number of ether oxygens (including phenoxy) is 2. The zero-order chi connectivity index (χ0) is 20.5. The van der Waals surface area contributed by atoms with E-state index in [0.29, 0.717) is 36.6 Å². The molecule has 5 N–H and O–H groups in total. The SMILES string of the molecule is CCc1c(CCC(=O)O)ccc(OCc2cc(N)cc3c2OC(C)(C)C3)c1N. The van der Waals surface area contributed by atoms with E-state index in [4.69, 9.17) is 26.0 Å². The standard InChI is InChI=1S/C22H28N2O4/c1-4-17-13(6-8-19(25)26)5-7-18(20(17)24)27-12-15-10-16(23)9-14-11-22(2,3)28-21(14)15/h5,7,9-10H,4,6,8,11-12,23-24H2,1-3H3,(H,25,26). The van der Waals surface area contributed by atoms with Crippen molar-refractivity contribution < 1.29 is 19.4 Å². The third-order valence-electron chi connectivity index (χ3n) is 5.02. The van der Waals surface area contributed by atoms with Crippen LogP contribution in [-0.2, 0) is 30.7 Å². The first-order valence-corrected chi connectivity index (χ1v) is 9.55. The van der Waals surface area contributed by atoms with Gasteiger partial charge in [-0.25, -0.2) is 0 Å². The molecule has 0 amide bonds. The number of aryl methyl sites for hydroxylation is 1. The van der Waals surface area contributed by atoms with Crippen molar-refractivity contribution in [3.05, 3.63) is 46.5 Å². The normalized spacial score (nSPS) is 14.4. The highest BCUT2D eigenvalue weighted by atomic mass is 16.5. The van der Waals surface area contributed by atoms with Crippen molar-refractivity contribution in [3.63, 3.8) is 0 Å². The number of anilines is 2. The van der Waals surface area contributed by atoms with E-state index >= 15 is 0 Å². The van der Waals surface area contributed by atoms with Gasteiger partial charge in [-0.3, -0.25) is 4.79 Å². The molecule has 0 bridgehead atoms. The van der Waals surface area contributed by atoms with Crippen molar-refractivity contribution in [3.8, 4) is 11.5 Å². The first kappa shape index (κ1) is 19.9. The number of carboxylic acids is 1. The van der Waals surface area contributed by atoms with Gasteiger partial charge in [-0.1, -0.05) is 13.0 Å². The fourth-order valence-electron chi connectivity index (χ4n) is 3.79. The number of hydrogen-bond donors (Lipinski definition) is 3. The molecule has 0 saturated heterocycles. The fourth-order valence-corrected chi connectivity index (χ4v) is 3.79. The van der Waals surface area contributed by atoms with Crippen LogP contribution in [0, 0.1) is 0 Å². The number of nitrogen functional groups attached to an aromatic ring is 2. The van der Waals surface area contributed by atoms with E-state index in [0.717, 1.165) is 34.4 Å². The van der Waals surface area contributed by atoms with E-state index in [1.165, 1.54) is 0 Å². The number of hydrogen-bond acceptors (Lipinski definition) is 5. The van der Waals surface area contributed by atoms with E-state index in [1.54, 1.807) is 0 Å². The summed E-state index contributed by atoms with van der Waals surface area (Å²) < 4.78 is 12.1. The van der Waals surface area contributed by atoms with E-state index in [2.05, 4.69) is 13.8 Å². The maximum Gasteiger partial charge on any atom is 0.303 e. The van der Waals surface area contributed by atoms with Gasteiger partial charge in [0, 0.05) is 29.7 Å². The molecule has 1 heterocycles. The minimum absolute atomic E-state index is 0.0786. The van der Waals surface area contributed by atoms with E-state index < -0.39 is 5.97 Å². The minimum atomic E-state index is -0.820. The topological polar surface area (TPSA) is 108 Å². The average molecular weight is 384 g/mol. The Kier molecular flexibility index (Phi) is 5.40. The predicted octanol–water partition coefficient (Wildman–Crippen LogP) is 3.72. The minimum Gasteiger partial charge on any atom is -0.487 e. The molecule has 2 aromatic carbocycles. The molecule has 0 aliphatic carbocycles. The molecule has 2 aromatic rings.